The molecule has 0 aliphatic rings. The minimum Gasteiger partial charge on any atom is -0.462 e. The Balaban J connectivity index is 4.36. The molecule has 0 heterocycles. The Kier molecular flexibility index (Phi) is 36.1. The van der Waals surface area contributed by atoms with Crippen LogP contribution in [0.25, 0.3) is 0 Å². The lowest BCUT2D eigenvalue weighted by atomic mass is 10.0. The van der Waals surface area contributed by atoms with Crippen molar-refractivity contribution in [1.29, 1.82) is 0 Å². The number of allylic oxidation sites excluding steroid dienone is 4. The van der Waals surface area contributed by atoms with Gasteiger partial charge in [0.15, 0.2) is 6.10 Å². The van der Waals surface area contributed by atoms with Gasteiger partial charge in [0.25, 0.3) is 0 Å². The number of quaternary nitrogens is 1. The topological polar surface area (TPSA) is 108 Å². The molecule has 0 aliphatic carbocycles. The second kappa shape index (κ2) is 37.1. The van der Waals surface area contributed by atoms with E-state index >= 15 is 0 Å². The zero-order valence-corrected chi connectivity index (χ0v) is 36.6. The number of carbonyl (C=O) groups is 2. The van der Waals surface area contributed by atoms with Gasteiger partial charge >= 0.3 is 19.8 Å². The molecule has 0 fully saturated rings. The van der Waals surface area contributed by atoms with E-state index in [2.05, 4.69) is 38.2 Å². The normalized spacial score (nSPS) is 13.8. The first-order valence-corrected chi connectivity index (χ1v) is 23.6. The summed E-state index contributed by atoms with van der Waals surface area (Å²) in [5, 5.41) is 0. The van der Waals surface area contributed by atoms with Crippen LogP contribution < -0.4 is 0 Å². The standard InChI is InChI=1S/C44H84NO8P/c1-6-8-10-12-14-16-18-20-22-24-26-28-30-32-34-36-43(46)50-40-42(41-52-54(48,49)51-39-38-45(3,4)5)53-44(47)37-35-33-31-29-27-25-23-21-19-17-15-13-11-9-7-2/h15,17,19,21,42H,6-14,16,18,20,22-41H2,1-5H3/p+1/b17-15-,21-19-/t42-/m1/s1. The van der Waals surface area contributed by atoms with Crippen LogP contribution in [-0.2, 0) is 32.7 Å². The number of esters is 2. The highest BCUT2D eigenvalue weighted by Gasteiger charge is 2.27. The number of phosphoric ester groups is 1. The van der Waals surface area contributed by atoms with Crippen LogP contribution in [0.15, 0.2) is 24.3 Å². The molecular weight excluding hydrogens is 701 g/mol. The number of rotatable bonds is 40. The molecular formula is C44H85NO8P+. The summed E-state index contributed by atoms with van der Waals surface area (Å²) >= 11 is 0. The van der Waals surface area contributed by atoms with Gasteiger partial charge in [0.05, 0.1) is 27.7 Å². The highest BCUT2D eigenvalue weighted by atomic mass is 31.2. The van der Waals surface area contributed by atoms with Crippen LogP contribution in [0.5, 0.6) is 0 Å². The van der Waals surface area contributed by atoms with Gasteiger partial charge in [-0.15, -0.1) is 0 Å². The van der Waals surface area contributed by atoms with Crippen LogP contribution in [-0.4, -0.2) is 74.9 Å². The summed E-state index contributed by atoms with van der Waals surface area (Å²) < 4.78 is 34.3. The average molecular weight is 787 g/mol. The van der Waals surface area contributed by atoms with Gasteiger partial charge in [0.1, 0.15) is 19.8 Å². The molecule has 2 atom stereocenters. The first kappa shape index (κ1) is 52.5. The predicted octanol–water partition coefficient (Wildman–Crippen LogP) is 12.4. The molecule has 0 aromatic heterocycles. The molecule has 0 rings (SSSR count). The number of ether oxygens (including phenoxy) is 2. The summed E-state index contributed by atoms with van der Waals surface area (Å²) in [6.45, 7) is 4.39. The lowest BCUT2D eigenvalue weighted by Gasteiger charge is -2.24. The number of phosphoric acid groups is 1. The summed E-state index contributed by atoms with van der Waals surface area (Å²) in [5.41, 5.74) is 0. The molecule has 0 amide bonds. The van der Waals surface area contributed by atoms with Crippen LogP contribution in [0.4, 0.5) is 0 Å². The van der Waals surface area contributed by atoms with Crippen molar-refractivity contribution in [2.45, 2.75) is 200 Å². The van der Waals surface area contributed by atoms with Crippen LogP contribution in [0, 0.1) is 0 Å². The smallest absolute Gasteiger partial charge is 0.462 e. The molecule has 0 aromatic carbocycles. The molecule has 0 spiro atoms. The Morgan fingerprint density at radius 3 is 1.46 bits per heavy atom. The Bertz CT molecular complexity index is 980. The van der Waals surface area contributed by atoms with E-state index in [0.29, 0.717) is 23.9 Å². The van der Waals surface area contributed by atoms with Crippen molar-refractivity contribution in [3.63, 3.8) is 0 Å². The van der Waals surface area contributed by atoms with Crippen LogP contribution >= 0.6 is 7.82 Å². The number of likely N-dealkylation sites (N-methyl/N-ethyl adjacent to an activating group) is 1. The van der Waals surface area contributed by atoms with Crippen molar-refractivity contribution in [3.8, 4) is 0 Å². The first-order valence-electron chi connectivity index (χ1n) is 22.1. The Hall–Kier alpha value is -1.51. The molecule has 0 bridgehead atoms. The third-order valence-electron chi connectivity index (χ3n) is 9.51. The predicted molar refractivity (Wildman–Crippen MR) is 224 cm³/mol. The lowest BCUT2D eigenvalue weighted by molar-refractivity contribution is -0.870. The zero-order valence-electron chi connectivity index (χ0n) is 35.7. The molecule has 0 radical (unpaired) electrons. The molecule has 10 heteroatoms. The maximum atomic E-state index is 12.7. The van der Waals surface area contributed by atoms with Gasteiger partial charge in [-0.3, -0.25) is 18.6 Å². The van der Waals surface area contributed by atoms with E-state index in [-0.39, 0.29) is 25.6 Å². The summed E-state index contributed by atoms with van der Waals surface area (Å²) in [5.74, 6) is -0.805. The van der Waals surface area contributed by atoms with Gasteiger partial charge in [-0.05, 0) is 38.5 Å². The Labute approximate surface area is 332 Å². The molecule has 0 aliphatic heterocycles. The van der Waals surface area contributed by atoms with Gasteiger partial charge in [-0.25, -0.2) is 4.57 Å². The van der Waals surface area contributed by atoms with Crippen molar-refractivity contribution in [2.75, 3.05) is 47.5 Å². The second-order valence-corrected chi connectivity index (χ2v) is 17.6. The van der Waals surface area contributed by atoms with E-state index in [1.165, 1.54) is 96.3 Å². The van der Waals surface area contributed by atoms with Crippen LogP contribution in [0.2, 0.25) is 0 Å². The largest absolute Gasteiger partial charge is 0.472 e. The van der Waals surface area contributed by atoms with Gasteiger partial charge in [0.2, 0.25) is 0 Å². The maximum Gasteiger partial charge on any atom is 0.472 e. The van der Waals surface area contributed by atoms with Gasteiger partial charge in [-0.2, -0.15) is 0 Å². The van der Waals surface area contributed by atoms with Gasteiger partial charge in [-0.1, -0.05) is 167 Å². The molecule has 0 saturated carbocycles. The number of nitrogens with zero attached hydrogens (tertiary/aromatic N) is 1. The van der Waals surface area contributed by atoms with Gasteiger partial charge < -0.3 is 18.9 Å². The summed E-state index contributed by atoms with van der Waals surface area (Å²) in [6, 6.07) is 0. The summed E-state index contributed by atoms with van der Waals surface area (Å²) in [6.07, 6.45) is 39.3. The van der Waals surface area contributed by atoms with Crippen molar-refractivity contribution in [1.82, 2.24) is 0 Å². The molecule has 0 saturated heterocycles. The fraction of sp³-hybridized carbons (Fsp3) is 0.864. The fourth-order valence-corrected chi connectivity index (χ4v) is 6.75. The molecule has 318 valence electrons. The molecule has 54 heavy (non-hydrogen) atoms. The second-order valence-electron chi connectivity index (χ2n) is 16.1. The number of hydrogen-bond acceptors (Lipinski definition) is 7. The SMILES string of the molecule is CCCCC/C=C\C=C/CCCCCCCCC(=O)O[C@H](COC(=O)CCCCCCCCCCCCCCCCC)COP(=O)(O)OCC[N+](C)(C)C. The van der Waals surface area contributed by atoms with Crippen molar-refractivity contribution >= 4 is 19.8 Å². The number of hydrogen-bond donors (Lipinski definition) is 1. The minimum absolute atomic E-state index is 0.0310. The van der Waals surface area contributed by atoms with E-state index < -0.39 is 26.5 Å². The van der Waals surface area contributed by atoms with Crippen molar-refractivity contribution in [2.24, 2.45) is 0 Å². The highest BCUT2D eigenvalue weighted by molar-refractivity contribution is 7.47. The van der Waals surface area contributed by atoms with E-state index in [1.807, 2.05) is 21.1 Å². The van der Waals surface area contributed by atoms with Crippen molar-refractivity contribution in [3.05, 3.63) is 24.3 Å². The minimum atomic E-state index is -4.37. The monoisotopic (exact) mass is 787 g/mol. The first-order chi connectivity index (χ1) is 26.0. The lowest BCUT2D eigenvalue weighted by Crippen LogP contribution is -2.37. The van der Waals surface area contributed by atoms with E-state index in [9.17, 15) is 19.0 Å². The molecule has 1 unspecified atom stereocenters. The van der Waals surface area contributed by atoms with Crippen LogP contribution in [0.1, 0.15) is 194 Å². The van der Waals surface area contributed by atoms with Gasteiger partial charge in [0, 0.05) is 12.8 Å². The molecule has 0 aromatic rings. The summed E-state index contributed by atoms with van der Waals surface area (Å²) in [7, 11) is 1.47. The molecule has 1 N–H and O–H groups in total. The number of unbranched alkanes of at least 4 members (excludes halogenated alkanes) is 23. The molecule has 9 nitrogen and oxygen atoms in total. The average Bonchev–Trinajstić information content (AvgIpc) is 3.12. The Morgan fingerprint density at radius 1 is 0.574 bits per heavy atom. The summed E-state index contributed by atoms with van der Waals surface area (Å²) in [4.78, 5) is 35.3. The fourth-order valence-electron chi connectivity index (χ4n) is 6.00. The Morgan fingerprint density at radius 2 is 0.981 bits per heavy atom. The van der Waals surface area contributed by atoms with E-state index in [1.54, 1.807) is 0 Å². The van der Waals surface area contributed by atoms with E-state index in [4.69, 9.17) is 18.5 Å². The third-order valence-corrected chi connectivity index (χ3v) is 10.5. The maximum absolute atomic E-state index is 12.7. The highest BCUT2D eigenvalue weighted by Crippen LogP contribution is 2.43. The van der Waals surface area contributed by atoms with Crippen LogP contribution in [0.3, 0.4) is 0 Å². The quantitative estimate of drug-likeness (QED) is 0.0215. The van der Waals surface area contributed by atoms with Crippen molar-refractivity contribution < 1.29 is 42.1 Å². The zero-order chi connectivity index (χ0) is 40.0. The third kappa shape index (κ3) is 40.2. The number of carbonyl (C=O) groups excluding carboxylic acids is 2. The van der Waals surface area contributed by atoms with E-state index in [0.717, 1.165) is 64.2 Å².